The van der Waals surface area contributed by atoms with E-state index >= 15 is 0 Å². The quantitative estimate of drug-likeness (QED) is 0.716. The minimum atomic E-state index is -0.0152. The molecule has 0 unspecified atom stereocenters. The summed E-state index contributed by atoms with van der Waals surface area (Å²) in [7, 11) is 1.72. The zero-order chi connectivity index (χ0) is 15.9. The predicted octanol–water partition coefficient (Wildman–Crippen LogP) is 4.04. The SMILES string of the molecule is COc1c(C)cc(-n2nc3ccccc3n2)cc1C(C)(C)C. The fourth-order valence-corrected chi connectivity index (χ4v) is 2.67. The number of aromatic nitrogens is 3. The minimum Gasteiger partial charge on any atom is -0.496 e. The number of benzene rings is 2. The Morgan fingerprint density at radius 3 is 2.09 bits per heavy atom. The summed E-state index contributed by atoms with van der Waals surface area (Å²) in [6.07, 6.45) is 0. The highest BCUT2D eigenvalue weighted by molar-refractivity contribution is 5.73. The van der Waals surface area contributed by atoms with E-state index < -0.39 is 0 Å². The van der Waals surface area contributed by atoms with Gasteiger partial charge in [-0.3, -0.25) is 0 Å². The molecular weight excluding hydrogens is 274 g/mol. The van der Waals surface area contributed by atoms with Crippen molar-refractivity contribution in [2.24, 2.45) is 0 Å². The Kier molecular flexibility index (Phi) is 3.39. The van der Waals surface area contributed by atoms with Gasteiger partial charge < -0.3 is 4.74 Å². The second-order valence-electron chi connectivity index (χ2n) is 6.57. The number of ether oxygens (including phenoxy) is 1. The number of nitrogens with zero attached hydrogens (tertiary/aromatic N) is 3. The van der Waals surface area contributed by atoms with Gasteiger partial charge in [-0.15, -0.1) is 10.2 Å². The first-order valence-electron chi connectivity index (χ1n) is 7.42. The second-order valence-corrected chi connectivity index (χ2v) is 6.57. The second kappa shape index (κ2) is 5.13. The molecule has 4 nitrogen and oxygen atoms in total. The number of rotatable bonds is 2. The van der Waals surface area contributed by atoms with Gasteiger partial charge in [-0.1, -0.05) is 32.9 Å². The van der Waals surface area contributed by atoms with E-state index in [1.165, 1.54) is 0 Å². The Hall–Kier alpha value is -2.36. The molecule has 0 aliphatic heterocycles. The molecule has 0 radical (unpaired) electrons. The third-order valence-electron chi connectivity index (χ3n) is 3.79. The smallest absolute Gasteiger partial charge is 0.125 e. The van der Waals surface area contributed by atoms with Crippen molar-refractivity contribution in [2.75, 3.05) is 7.11 Å². The molecule has 3 aromatic rings. The summed E-state index contributed by atoms with van der Waals surface area (Å²) in [6, 6.07) is 12.1. The molecule has 3 rings (SSSR count). The van der Waals surface area contributed by atoms with Crippen LogP contribution < -0.4 is 4.74 Å². The van der Waals surface area contributed by atoms with Gasteiger partial charge in [0.15, 0.2) is 0 Å². The van der Waals surface area contributed by atoms with Crippen LogP contribution in [-0.2, 0) is 5.41 Å². The third-order valence-corrected chi connectivity index (χ3v) is 3.79. The van der Waals surface area contributed by atoms with Crippen LogP contribution in [0.1, 0.15) is 31.9 Å². The van der Waals surface area contributed by atoms with E-state index in [1.807, 2.05) is 24.3 Å². The fourth-order valence-electron chi connectivity index (χ4n) is 2.67. The van der Waals surface area contributed by atoms with Crippen LogP contribution in [0.4, 0.5) is 0 Å². The molecule has 114 valence electrons. The highest BCUT2D eigenvalue weighted by Gasteiger charge is 2.22. The molecule has 0 aliphatic rings. The van der Waals surface area contributed by atoms with Crippen molar-refractivity contribution in [1.82, 2.24) is 15.0 Å². The highest BCUT2D eigenvalue weighted by Crippen LogP contribution is 2.35. The lowest BCUT2D eigenvalue weighted by atomic mass is 9.85. The number of hydrogen-bond acceptors (Lipinski definition) is 3. The first-order chi connectivity index (χ1) is 10.4. The van der Waals surface area contributed by atoms with Crippen LogP contribution in [0.15, 0.2) is 36.4 Å². The fraction of sp³-hybridized carbons (Fsp3) is 0.333. The van der Waals surface area contributed by atoms with Crippen molar-refractivity contribution >= 4 is 11.0 Å². The Morgan fingerprint density at radius 1 is 1.00 bits per heavy atom. The van der Waals surface area contributed by atoms with Crippen LogP contribution in [0.3, 0.4) is 0 Å². The van der Waals surface area contributed by atoms with Gasteiger partial charge >= 0.3 is 0 Å². The van der Waals surface area contributed by atoms with E-state index in [4.69, 9.17) is 4.74 Å². The summed E-state index contributed by atoms with van der Waals surface area (Å²) in [5.41, 5.74) is 4.98. The Labute approximate surface area is 130 Å². The average molecular weight is 295 g/mol. The minimum absolute atomic E-state index is 0.0152. The highest BCUT2D eigenvalue weighted by atomic mass is 16.5. The van der Waals surface area contributed by atoms with Gasteiger partial charge in [0.1, 0.15) is 16.8 Å². The Bertz CT molecular complexity index is 795. The van der Waals surface area contributed by atoms with Crippen molar-refractivity contribution in [3.63, 3.8) is 0 Å². The molecule has 1 heterocycles. The lowest BCUT2D eigenvalue weighted by Crippen LogP contribution is -2.15. The van der Waals surface area contributed by atoms with Gasteiger partial charge in [-0.25, -0.2) is 0 Å². The van der Waals surface area contributed by atoms with Crippen molar-refractivity contribution in [3.8, 4) is 11.4 Å². The molecule has 0 N–H and O–H groups in total. The van der Waals surface area contributed by atoms with Gasteiger partial charge in [0.25, 0.3) is 0 Å². The summed E-state index contributed by atoms with van der Waals surface area (Å²) in [4.78, 5) is 1.70. The number of fused-ring (bicyclic) bond motifs is 1. The topological polar surface area (TPSA) is 39.9 Å². The predicted molar refractivity (Wildman–Crippen MR) is 88.9 cm³/mol. The van der Waals surface area contributed by atoms with Crippen LogP contribution in [0.5, 0.6) is 5.75 Å². The first-order valence-corrected chi connectivity index (χ1v) is 7.42. The zero-order valence-electron chi connectivity index (χ0n) is 13.7. The molecular formula is C18H21N3O. The van der Waals surface area contributed by atoms with E-state index in [1.54, 1.807) is 11.9 Å². The molecule has 0 atom stereocenters. The lowest BCUT2D eigenvalue weighted by Gasteiger charge is -2.24. The first kappa shape index (κ1) is 14.6. The summed E-state index contributed by atoms with van der Waals surface area (Å²) in [5, 5.41) is 9.13. The van der Waals surface area contributed by atoms with Crippen molar-refractivity contribution in [1.29, 1.82) is 0 Å². The maximum Gasteiger partial charge on any atom is 0.125 e. The third kappa shape index (κ3) is 2.45. The molecule has 2 aromatic carbocycles. The van der Waals surface area contributed by atoms with Crippen molar-refractivity contribution in [3.05, 3.63) is 47.5 Å². The number of methoxy groups -OCH3 is 1. The molecule has 0 amide bonds. The van der Waals surface area contributed by atoms with Crippen LogP contribution in [0, 0.1) is 6.92 Å². The van der Waals surface area contributed by atoms with E-state index in [0.717, 1.165) is 33.6 Å². The van der Waals surface area contributed by atoms with Gasteiger partial charge in [0.05, 0.1) is 12.8 Å². The van der Waals surface area contributed by atoms with Crippen LogP contribution in [0.25, 0.3) is 16.7 Å². The normalized spacial score (nSPS) is 11.9. The largest absolute Gasteiger partial charge is 0.496 e. The standard InChI is InChI=1S/C18H21N3O/c1-12-10-13(11-14(17(12)22-5)18(2,3)4)21-19-15-8-6-7-9-16(15)20-21/h6-11H,1-5H3. The Morgan fingerprint density at radius 2 is 1.59 bits per heavy atom. The van der Waals surface area contributed by atoms with Crippen LogP contribution in [-0.4, -0.2) is 22.1 Å². The summed E-state index contributed by atoms with van der Waals surface area (Å²) >= 11 is 0. The van der Waals surface area contributed by atoms with E-state index in [2.05, 4.69) is 50.0 Å². The molecule has 0 bridgehead atoms. The Balaban J connectivity index is 2.21. The molecule has 4 heteroatoms. The molecule has 0 spiro atoms. The molecule has 22 heavy (non-hydrogen) atoms. The van der Waals surface area contributed by atoms with Gasteiger partial charge in [-0.2, -0.15) is 4.80 Å². The monoisotopic (exact) mass is 295 g/mol. The maximum absolute atomic E-state index is 5.60. The zero-order valence-corrected chi connectivity index (χ0v) is 13.7. The molecule has 0 saturated heterocycles. The van der Waals surface area contributed by atoms with Crippen molar-refractivity contribution < 1.29 is 4.74 Å². The molecule has 1 aromatic heterocycles. The molecule has 0 fully saturated rings. The van der Waals surface area contributed by atoms with E-state index in [-0.39, 0.29) is 5.41 Å². The van der Waals surface area contributed by atoms with Crippen molar-refractivity contribution in [2.45, 2.75) is 33.1 Å². The summed E-state index contributed by atoms with van der Waals surface area (Å²) < 4.78 is 5.60. The summed E-state index contributed by atoms with van der Waals surface area (Å²) in [5.74, 6) is 0.938. The van der Waals surface area contributed by atoms with Gasteiger partial charge in [0, 0.05) is 5.56 Å². The number of hydrogen-bond donors (Lipinski definition) is 0. The molecule has 0 saturated carbocycles. The van der Waals surface area contributed by atoms with Gasteiger partial charge in [0.2, 0.25) is 0 Å². The van der Waals surface area contributed by atoms with Crippen LogP contribution in [0.2, 0.25) is 0 Å². The van der Waals surface area contributed by atoms with E-state index in [0.29, 0.717) is 0 Å². The lowest BCUT2D eigenvalue weighted by molar-refractivity contribution is 0.394. The number of aryl methyl sites for hydroxylation is 1. The summed E-state index contributed by atoms with van der Waals surface area (Å²) in [6.45, 7) is 8.60. The molecule has 0 aliphatic carbocycles. The van der Waals surface area contributed by atoms with Crippen LogP contribution >= 0.6 is 0 Å². The average Bonchev–Trinajstić information content (AvgIpc) is 2.89. The van der Waals surface area contributed by atoms with Gasteiger partial charge in [-0.05, 0) is 42.2 Å². The van der Waals surface area contributed by atoms with E-state index in [9.17, 15) is 0 Å². The maximum atomic E-state index is 5.60.